The number of carboxylic acid groups (broad SMARTS) is 1. The fraction of sp³-hybridized carbons (Fsp3) is 0.333. The molecule has 1 heterocycles. The normalized spacial score (nSPS) is 12.5. The maximum Gasteiger partial charge on any atom is 0.326 e. The second-order valence-electron chi connectivity index (χ2n) is 3.53. The van der Waals surface area contributed by atoms with Crippen molar-refractivity contribution < 1.29 is 19.1 Å². The van der Waals surface area contributed by atoms with Crippen LogP contribution in [0.15, 0.2) is 28.9 Å². The maximum absolute atomic E-state index is 11.5. The lowest BCUT2D eigenvalue weighted by Crippen LogP contribution is -2.40. The summed E-state index contributed by atoms with van der Waals surface area (Å²) in [5.74, 6) is -0.246. The molecular formula is C12H15NO4S. The number of hydrogen-bond donors (Lipinski definition) is 2. The molecule has 1 amide bonds. The highest BCUT2D eigenvalue weighted by Crippen LogP contribution is 2.03. The van der Waals surface area contributed by atoms with Crippen LogP contribution in [0.2, 0.25) is 0 Å². The largest absolute Gasteiger partial charge is 0.480 e. The summed E-state index contributed by atoms with van der Waals surface area (Å²) in [4.78, 5) is 22.4. The predicted molar refractivity (Wildman–Crippen MR) is 70.3 cm³/mol. The van der Waals surface area contributed by atoms with Gasteiger partial charge >= 0.3 is 5.97 Å². The van der Waals surface area contributed by atoms with Gasteiger partial charge in [-0.05, 0) is 36.6 Å². The smallest absolute Gasteiger partial charge is 0.326 e. The number of carbonyl (C=O) groups is 2. The van der Waals surface area contributed by atoms with E-state index in [1.807, 2.05) is 6.26 Å². The fourth-order valence-corrected chi connectivity index (χ4v) is 1.73. The molecule has 1 aromatic heterocycles. The fourth-order valence-electron chi connectivity index (χ4n) is 1.26. The van der Waals surface area contributed by atoms with E-state index in [0.717, 1.165) is 0 Å². The first-order valence-electron chi connectivity index (χ1n) is 5.37. The van der Waals surface area contributed by atoms with Gasteiger partial charge in [-0.25, -0.2) is 4.79 Å². The molecule has 0 unspecified atom stereocenters. The molecule has 0 bridgehead atoms. The van der Waals surface area contributed by atoms with Crippen molar-refractivity contribution in [3.05, 3.63) is 30.2 Å². The molecule has 0 saturated carbocycles. The highest BCUT2D eigenvalue weighted by molar-refractivity contribution is 7.98. The predicted octanol–water partition coefficient (Wildman–Crippen LogP) is 1.62. The van der Waals surface area contributed by atoms with Crippen molar-refractivity contribution in [2.24, 2.45) is 0 Å². The summed E-state index contributed by atoms with van der Waals surface area (Å²) in [5, 5.41) is 11.4. The lowest BCUT2D eigenvalue weighted by atomic mass is 10.2. The molecule has 1 aromatic rings. The third-order valence-electron chi connectivity index (χ3n) is 2.17. The Morgan fingerprint density at radius 2 is 2.39 bits per heavy atom. The Hall–Kier alpha value is -1.69. The number of aliphatic carboxylic acids is 1. The lowest BCUT2D eigenvalue weighted by molar-refractivity contribution is -0.141. The van der Waals surface area contributed by atoms with Crippen LogP contribution in [0.4, 0.5) is 0 Å². The maximum atomic E-state index is 11.5. The zero-order valence-corrected chi connectivity index (χ0v) is 10.8. The Labute approximate surface area is 109 Å². The number of thioether (sulfide) groups is 1. The molecule has 0 aliphatic heterocycles. The summed E-state index contributed by atoms with van der Waals surface area (Å²) in [6.45, 7) is 0. The summed E-state index contributed by atoms with van der Waals surface area (Å²) in [6.07, 6.45) is 6.53. The van der Waals surface area contributed by atoms with E-state index < -0.39 is 17.9 Å². The standard InChI is InChI=1S/C12H15NO4S/c1-18-8-6-10(12(15)16)13-11(14)5-4-9-3-2-7-17-9/h2-5,7,10H,6,8H2,1H3,(H,13,14)(H,15,16)/b5-4+/t10-/m0/s1. The van der Waals surface area contributed by atoms with Crippen molar-refractivity contribution in [2.75, 3.05) is 12.0 Å². The van der Waals surface area contributed by atoms with Crippen LogP contribution >= 0.6 is 11.8 Å². The first-order valence-corrected chi connectivity index (χ1v) is 6.76. The van der Waals surface area contributed by atoms with Crippen molar-refractivity contribution >= 4 is 29.7 Å². The van der Waals surface area contributed by atoms with Crippen LogP contribution in [0, 0.1) is 0 Å². The minimum Gasteiger partial charge on any atom is -0.480 e. The van der Waals surface area contributed by atoms with Gasteiger partial charge in [0.1, 0.15) is 11.8 Å². The summed E-state index contributed by atoms with van der Waals surface area (Å²) in [6, 6.07) is 2.55. The third-order valence-corrected chi connectivity index (χ3v) is 2.81. The van der Waals surface area contributed by atoms with Gasteiger partial charge in [-0.15, -0.1) is 0 Å². The molecule has 0 spiro atoms. The summed E-state index contributed by atoms with van der Waals surface area (Å²) >= 11 is 1.54. The van der Waals surface area contributed by atoms with Crippen molar-refractivity contribution in [2.45, 2.75) is 12.5 Å². The van der Waals surface area contributed by atoms with Crippen LogP contribution in [-0.2, 0) is 9.59 Å². The van der Waals surface area contributed by atoms with Crippen molar-refractivity contribution in [1.82, 2.24) is 5.32 Å². The van der Waals surface area contributed by atoms with E-state index in [4.69, 9.17) is 9.52 Å². The van der Waals surface area contributed by atoms with Gasteiger partial charge in [0, 0.05) is 6.08 Å². The quantitative estimate of drug-likeness (QED) is 0.735. The Morgan fingerprint density at radius 3 is 2.94 bits per heavy atom. The third kappa shape index (κ3) is 5.09. The molecule has 0 aliphatic rings. The average Bonchev–Trinajstić information content (AvgIpc) is 2.84. The molecule has 0 aromatic carbocycles. The number of nitrogens with one attached hydrogen (secondary N) is 1. The van der Waals surface area contributed by atoms with Crippen LogP contribution in [0.5, 0.6) is 0 Å². The molecule has 0 radical (unpaired) electrons. The number of furan rings is 1. The van der Waals surface area contributed by atoms with Gasteiger partial charge in [0.25, 0.3) is 0 Å². The van der Waals surface area contributed by atoms with Gasteiger partial charge < -0.3 is 14.8 Å². The average molecular weight is 269 g/mol. The van der Waals surface area contributed by atoms with Crippen LogP contribution < -0.4 is 5.32 Å². The van der Waals surface area contributed by atoms with E-state index in [1.54, 1.807) is 12.1 Å². The van der Waals surface area contributed by atoms with Crippen molar-refractivity contribution in [3.63, 3.8) is 0 Å². The zero-order chi connectivity index (χ0) is 13.4. The SMILES string of the molecule is CSCC[C@H](NC(=O)/C=C/c1ccco1)C(=O)O. The molecule has 98 valence electrons. The van der Waals surface area contributed by atoms with Gasteiger partial charge in [0.05, 0.1) is 6.26 Å². The lowest BCUT2D eigenvalue weighted by Gasteiger charge is -2.12. The van der Waals surface area contributed by atoms with Crippen molar-refractivity contribution in [3.8, 4) is 0 Å². The minimum atomic E-state index is -1.02. The molecule has 1 atom stereocenters. The number of carboxylic acids is 1. The molecule has 0 saturated heterocycles. The Kier molecular flexibility index (Phi) is 6.07. The first kappa shape index (κ1) is 14.4. The molecule has 0 aliphatic carbocycles. The summed E-state index contributed by atoms with van der Waals surface area (Å²) < 4.78 is 5.01. The second-order valence-corrected chi connectivity index (χ2v) is 4.52. The highest BCUT2D eigenvalue weighted by atomic mass is 32.2. The first-order chi connectivity index (χ1) is 8.63. The molecule has 1 rings (SSSR count). The van der Waals surface area contributed by atoms with Gasteiger partial charge in [-0.1, -0.05) is 0 Å². The number of rotatable bonds is 7. The number of amides is 1. The van der Waals surface area contributed by atoms with E-state index >= 15 is 0 Å². The van der Waals surface area contributed by atoms with Crippen LogP contribution in [0.3, 0.4) is 0 Å². The molecule has 0 fully saturated rings. The van der Waals surface area contributed by atoms with E-state index in [1.165, 1.54) is 30.2 Å². The summed E-state index contributed by atoms with van der Waals surface area (Å²) in [7, 11) is 0. The van der Waals surface area contributed by atoms with Gasteiger partial charge in [0.2, 0.25) is 5.91 Å². The van der Waals surface area contributed by atoms with Gasteiger partial charge in [0.15, 0.2) is 0 Å². The van der Waals surface area contributed by atoms with Gasteiger partial charge in [-0.2, -0.15) is 11.8 Å². The molecule has 5 nitrogen and oxygen atoms in total. The highest BCUT2D eigenvalue weighted by Gasteiger charge is 2.17. The molecular weight excluding hydrogens is 254 g/mol. The molecule has 18 heavy (non-hydrogen) atoms. The van der Waals surface area contributed by atoms with Crippen LogP contribution in [0.25, 0.3) is 6.08 Å². The Morgan fingerprint density at radius 1 is 1.61 bits per heavy atom. The van der Waals surface area contributed by atoms with Crippen LogP contribution in [-0.4, -0.2) is 35.0 Å². The van der Waals surface area contributed by atoms with E-state index in [-0.39, 0.29) is 0 Å². The monoisotopic (exact) mass is 269 g/mol. The number of hydrogen-bond acceptors (Lipinski definition) is 4. The minimum absolute atomic E-state index is 0.400. The van der Waals surface area contributed by atoms with E-state index in [9.17, 15) is 9.59 Å². The van der Waals surface area contributed by atoms with E-state index in [0.29, 0.717) is 17.9 Å². The summed E-state index contributed by atoms with van der Waals surface area (Å²) in [5.41, 5.74) is 0. The Bertz CT molecular complexity index is 414. The topological polar surface area (TPSA) is 79.5 Å². The van der Waals surface area contributed by atoms with E-state index in [2.05, 4.69) is 5.32 Å². The Balaban J connectivity index is 2.48. The second kappa shape index (κ2) is 7.60. The molecule has 6 heteroatoms. The van der Waals surface area contributed by atoms with Crippen molar-refractivity contribution in [1.29, 1.82) is 0 Å². The van der Waals surface area contributed by atoms with Crippen LogP contribution in [0.1, 0.15) is 12.2 Å². The van der Waals surface area contributed by atoms with Gasteiger partial charge in [-0.3, -0.25) is 4.79 Å². The molecule has 2 N–H and O–H groups in total. The number of carbonyl (C=O) groups excluding carboxylic acids is 1. The zero-order valence-electron chi connectivity index (χ0n) is 9.96.